The zero-order valence-electron chi connectivity index (χ0n) is 15.1. The summed E-state index contributed by atoms with van der Waals surface area (Å²) >= 11 is 0. The van der Waals surface area contributed by atoms with Gasteiger partial charge in [0, 0.05) is 17.3 Å². The predicted octanol–water partition coefficient (Wildman–Crippen LogP) is 3.13. The SMILES string of the molecule is COc1ccc([C@@H]2Nc3ccccc3C(=O)N2C2CC2)c(C(=O)O)c1OC. The number of amides is 1. The van der Waals surface area contributed by atoms with E-state index >= 15 is 0 Å². The minimum atomic E-state index is -1.13. The van der Waals surface area contributed by atoms with E-state index in [1.54, 1.807) is 23.1 Å². The molecule has 7 nitrogen and oxygen atoms in total. The molecule has 2 aliphatic rings. The Bertz CT molecular complexity index is 923. The highest BCUT2D eigenvalue weighted by molar-refractivity contribution is 6.02. The Morgan fingerprint density at radius 3 is 2.52 bits per heavy atom. The monoisotopic (exact) mass is 368 g/mol. The molecule has 1 atom stereocenters. The fourth-order valence-electron chi connectivity index (χ4n) is 3.62. The number of para-hydroxylation sites is 1. The number of aromatic carboxylic acids is 1. The number of rotatable bonds is 5. The zero-order valence-corrected chi connectivity index (χ0v) is 15.1. The number of hydrogen-bond acceptors (Lipinski definition) is 5. The average Bonchev–Trinajstić information content (AvgIpc) is 3.51. The first-order valence-corrected chi connectivity index (χ1v) is 8.73. The van der Waals surface area contributed by atoms with Gasteiger partial charge in [0.25, 0.3) is 5.91 Å². The minimum Gasteiger partial charge on any atom is -0.493 e. The number of ether oxygens (including phenoxy) is 2. The number of nitrogens with one attached hydrogen (secondary N) is 1. The van der Waals surface area contributed by atoms with Gasteiger partial charge in [0.2, 0.25) is 0 Å². The molecule has 140 valence electrons. The lowest BCUT2D eigenvalue weighted by atomic mass is 9.98. The molecule has 2 N–H and O–H groups in total. The molecule has 1 aliphatic carbocycles. The molecule has 7 heteroatoms. The molecule has 4 rings (SSSR count). The van der Waals surface area contributed by atoms with Crippen molar-refractivity contribution in [2.75, 3.05) is 19.5 Å². The number of carboxylic acid groups (broad SMARTS) is 1. The Hall–Kier alpha value is -3.22. The molecule has 2 aromatic carbocycles. The van der Waals surface area contributed by atoms with Gasteiger partial charge in [-0.1, -0.05) is 18.2 Å². The molecule has 0 bridgehead atoms. The van der Waals surface area contributed by atoms with Crippen LogP contribution in [0.4, 0.5) is 5.69 Å². The summed E-state index contributed by atoms with van der Waals surface area (Å²) in [6.45, 7) is 0. The average molecular weight is 368 g/mol. The van der Waals surface area contributed by atoms with Crippen LogP contribution in [0, 0.1) is 0 Å². The summed E-state index contributed by atoms with van der Waals surface area (Å²) in [6.07, 6.45) is 1.22. The molecule has 0 aromatic heterocycles. The third-order valence-corrected chi connectivity index (χ3v) is 4.99. The number of benzene rings is 2. The molecule has 0 radical (unpaired) electrons. The predicted molar refractivity (Wildman–Crippen MR) is 98.5 cm³/mol. The molecular weight excluding hydrogens is 348 g/mol. The van der Waals surface area contributed by atoms with Crippen LogP contribution in [-0.2, 0) is 0 Å². The van der Waals surface area contributed by atoms with E-state index in [0.717, 1.165) is 12.8 Å². The largest absolute Gasteiger partial charge is 0.493 e. The van der Waals surface area contributed by atoms with Crippen molar-refractivity contribution in [3.8, 4) is 11.5 Å². The Labute approximate surface area is 156 Å². The van der Waals surface area contributed by atoms with Crippen LogP contribution in [0.2, 0.25) is 0 Å². The maximum absolute atomic E-state index is 13.1. The van der Waals surface area contributed by atoms with E-state index in [0.29, 0.717) is 22.6 Å². The van der Waals surface area contributed by atoms with Crippen molar-refractivity contribution < 1.29 is 24.2 Å². The van der Waals surface area contributed by atoms with E-state index in [1.165, 1.54) is 14.2 Å². The van der Waals surface area contributed by atoms with Gasteiger partial charge in [0.05, 0.1) is 19.8 Å². The van der Waals surface area contributed by atoms with Gasteiger partial charge in [0.1, 0.15) is 11.7 Å². The lowest BCUT2D eigenvalue weighted by Crippen LogP contribution is -2.44. The second-order valence-corrected chi connectivity index (χ2v) is 6.61. The van der Waals surface area contributed by atoms with E-state index in [4.69, 9.17) is 9.47 Å². The van der Waals surface area contributed by atoms with Crippen LogP contribution < -0.4 is 14.8 Å². The van der Waals surface area contributed by atoms with Crippen LogP contribution in [0.5, 0.6) is 11.5 Å². The van der Waals surface area contributed by atoms with Crippen LogP contribution >= 0.6 is 0 Å². The number of methoxy groups -OCH3 is 2. The Morgan fingerprint density at radius 1 is 1.15 bits per heavy atom. The molecule has 0 unspecified atom stereocenters. The van der Waals surface area contributed by atoms with Crippen molar-refractivity contribution in [2.45, 2.75) is 25.0 Å². The minimum absolute atomic E-state index is 0.00724. The van der Waals surface area contributed by atoms with Crippen molar-refractivity contribution >= 4 is 17.6 Å². The topological polar surface area (TPSA) is 88.1 Å². The number of nitrogens with zero attached hydrogens (tertiary/aromatic N) is 1. The molecule has 1 amide bonds. The van der Waals surface area contributed by atoms with Crippen LogP contribution in [0.25, 0.3) is 0 Å². The first-order chi connectivity index (χ1) is 13.1. The van der Waals surface area contributed by atoms with Crippen LogP contribution in [0.3, 0.4) is 0 Å². The standard InChI is InChI=1S/C20H20N2O5/c1-26-15-10-9-13(16(20(24)25)17(15)27-2)18-21-14-6-4-3-5-12(14)19(23)22(18)11-7-8-11/h3-6,9-11,18,21H,7-8H2,1-2H3,(H,24,25)/t18-/m1/s1. The fourth-order valence-corrected chi connectivity index (χ4v) is 3.62. The molecule has 1 fully saturated rings. The third-order valence-electron chi connectivity index (χ3n) is 4.99. The first kappa shape index (κ1) is 17.2. The van der Waals surface area contributed by atoms with Gasteiger partial charge in [-0.25, -0.2) is 4.79 Å². The van der Waals surface area contributed by atoms with Crippen molar-refractivity contribution in [3.05, 3.63) is 53.1 Å². The Morgan fingerprint density at radius 2 is 1.89 bits per heavy atom. The summed E-state index contributed by atoms with van der Waals surface area (Å²) in [5, 5.41) is 13.2. The second-order valence-electron chi connectivity index (χ2n) is 6.61. The maximum atomic E-state index is 13.1. The normalized spacial score (nSPS) is 18.5. The number of carboxylic acids is 1. The molecule has 0 saturated heterocycles. The van der Waals surface area contributed by atoms with Gasteiger partial charge in [0.15, 0.2) is 11.5 Å². The highest BCUT2D eigenvalue weighted by Gasteiger charge is 2.43. The van der Waals surface area contributed by atoms with Crippen LogP contribution in [0.15, 0.2) is 36.4 Å². The second kappa shape index (κ2) is 6.50. The van der Waals surface area contributed by atoms with E-state index in [1.807, 2.05) is 18.2 Å². The van der Waals surface area contributed by atoms with Gasteiger partial charge in [-0.3, -0.25) is 4.79 Å². The van der Waals surface area contributed by atoms with Crippen LogP contribution in [0.1, 0.15) is 45.3 Å². The van der Waals surface area contributed by atoms with E-state index in [9.17, 15) is 14.7 Å². The highest BCUT2D eigenvalue weighted by Crippen LogP contribution is 2.44. The Balaban J connectivity index is 1.89. The molecule has 1 aliphatic heterocycles. The van der Waals surface area contributed by atoms with E-state index in [2.05, 4.69) is 5.32 Å². The number of carbonyl (C=O) groups excluding carboxylic acids is 1. The van der Waals surface area contributed by atoms with Gasteiger partial charge >= 0.3 is 5.97 Å². The number of fused-ring (bicyclic) bond motifs is 1. The molecule has 0 spiro atoms. The smallest absolute Gasteiger partial charge is 0.340 e. The Kier molecular flexibility index (Phi) is 4.14. The molecule has 1 heterocycles. The molecular formula is C20H20N2O5. The summed E-state index contributed by atoms with van der Waals surface area (Å²) < 4.78 is 10.6. The molecule has 27 heavy (non-hydrogen) atoms. The maximum Gasteiger partial charge on any atom is 0.340 e. The zero-order chi connectivity index (χ0) is 19.1. The fraction of sp³-hybridized carbons (Fsp3) is 0.300. The third kappa shape index (κ3) is 2.75. The highest BCUT2D eigenvalue weighted by atomic mass is 16.5. The van der Waals surface area contributed by atoms with E-state index in [-0.39, 0.29) is 23.3 Å². The number of hydrogen-bond donors (Lipinski definition) is 2. The van der Waals surface area contributed by atoms with Crippen molar-refractivity contribution in [3.63, 3.8) is 0 Å². The first-order valence-electron chi connectivity index (χ1n) is 8.73. The summed E-state index contributed by atoms with van der Waals surface area (Å²) in [5.41, 5.74) is 1.75. The van der Waals surface area contributed by atoms with Crippen molar-refractivity contribution in [1.82, 2.24) is 4.90 Å². The number of carbonyl (C=O) groups is 2. The van der Waals surface area contributed by atoms with Gasteiger partial charge < -0.3 is 24.8 Å². The van der Waals surface area contributed by atoms with Crippen LogP contribution in [-0.4, -0.2) is 42.1 Å². The number of anilines is 1. The van der Waals surface area contributed by atoms with Crippen molar-refractivity contribution in [2.24, 2.45) is 0 Å². The summed E-state index contributed by atoms with van der Waals surface area (Å²) in [4.78, 5) is 26.9. The van der Waals surface area contributed by atoms with Gasteiger partial charge in [-0.15, -0.1) is 0 Å². The summed E-state index contributed by atoms with van der Waals surface area (Å²) in [5.74, 6) is -0.752. The summed E-state index contributed by atoms with van der Waals surface area (Å²) in [6, 6.07) is 10.7. The van der Waals surface area contributed by atoms with Crippen molar-refractivity contribution in [1.29, 1.82) is 0 Å². The van der Waals surface area contributed by atoms with Gasteiger partial charge in [-0.05, 0) is 31.0 Å². The lowest BCUT2D eigenvalue weighted by molar-refractivity contribution is 0.0639. The summed E-state index contributed by atoms with van der Waals surface area (Å²) in [7, 11) is 2.86. The van der Waals surface area contributed by atoms with Gasteiger partial charge in [-0.2, -0.15) is 0 Å². The molecule has 2 aromatic rings. The van der Waals surface area contributed by atoms with E-state index < -0.39 is 12.1 Å². The molecule has 1 saturated carbocycles. The lowest BCUT2D eigenvalue weighted by Gasteiger charge is -2.39. The quantitative estimate of drug-likeness (QED) is 0.843.